The second-order valence-electron chi connectivity index (χ2n) is 8.58. The molecule has 3 heterocycles. The molecule has 1 aliphatic carbocycles. The van der Waals surface area contributed by atoms with E-state index in [9.17, 15) is 10.1 Å². The lowest BCUT2D eigenvalue weighted by molar-refractivity contribution is 0.187. The van der Waals surface area contributed by atoms with Gasteiger partial charge in [-0.15, -0.1) is 5.10 Å². The average molecular weight is 481 g/mol. The minimum absolute atomic E-state index is 0.0724. The van der Waals surface area contributed by atoms with Crippen molar-refractivity contribution in [2.24, 2.45) is 0 Å². The molecule has 2 fully saturated rings. The van der Waals surface area contributed by atoms with Crippen LogP contribution in [-0.2, 0) is 4.74 Å². The van der Waals surface area contributed by atoms with E-state index in [1.54, 1.807) is 6.07 Å². The number of benzene rings is 1. The number of rotatable bonds is 6. The van der Waals surface area contributed by atoms with E-state index in [1.807, 2.05) is 18.0 Å². The van der Waals surface area contributed by atoms with Crippen LogP contribution in [0.2, 0.25) is 0 Å². The summed E-state index contributed by atoms with van der Waals surface area (Å²) in [4.78, 5) is 24.7. The molecule has 2 aliphatic rings. The second kappa shape index (κ2) is 9.22. The predicted molar refractivity (Wildman–Crippen MR) is 128 cm³/mol. The Morgan fingerprint density at radius 3 is 2.71 bits per heavy atom. The molecule has 1 aromatic carbocycles. The Hall–Kier alpha value is -4.18. The van der Waals surface area contributed by atoms with Crippen LogP contribution in [0.1, 0.15) is 18.5 Å². The minimum atomic E-state index is -0.669. The van der Waals surface area contributed by atoms with Crippen LogP contribution in [0.5, 0.6) is 0 Å². The second-order valence-corrected chi connectivity index (χ2v) is 8.58. The lowest BCUT2D eigenvalue weighted by Gasteiger charge is -2.34. The van der Waals surface area contributed by atoms with E-state index in [4.69, 9.17) is 4.74 Å². The van der Waals surface area contributed by atoms with Gasteiger partial charge in [-0.1, -0.05) is 0 Å². The van der Waals surface area contributed by atoms with Crippen molar-refractivity contribution in [3.63, 3.8) is 0 Å². The quantitative estimate of drug-likeness (QED) is 0.482. The Balaban J connectivity index is 1.54. The van der Waals surface area contributed by atoms with Gasteiger partial charge < -0.3 is 25.2 Å². The zero-order valence-electron chi connectivity index (χ0n) is 19.4. The number of anilines is 5. The highest BCUT2D eigenvalue weighted by Crippen LogP contribution is 2.33. The molecule has 5 rings (SSSR count). The topological polar surface area (TPSA) is 136 Å². The van der Waals surface area contributed by atoms with E-state index in [0.717, 1.165) is 25.9 Å². The number of nitrogens with zero attached hydrogens (tertiary/aromatic N) is 7. The maximum absolute atomic E-state index is 15.8. The first-order valence-corrected chi connectivity index (χ1v) is 11.3. The van der Waals surface area contributed by atoms with Crippen molar-refractivity contribution in [2.45, 2.75) is 18.9 Å². The molecule has 1 aliphatic heterocycles. The number of amides is 1. The van der Waals surface area contributed by atoms with E-state index in [0.29, 0.717) is 35.9 Å². The first-order valence-electron chi connectivity index (χ1n) is 11.3. The van der Waals surface area contributed by atoms with Gasteiger partial charge >= 0.3 is 6.09 Å². The van der Waals surface area contributed by atoms with Crippen LogP contribution >= 0.6 is 0 Å². The fraction of sp³-hybridized carbons (Fsp3) is 0.409. The lowest BCUT2D eigenvalue weighted by Crippen LogP contribution is -2.44. The van der Waals surface area contributed by atoms with Gasteiger partial charge in [0.05, 0.1) is 24.7 Å². The number of hydrogen-bond donors (Lipinski definition) is 3. The zero-order chi connectivity index (χ0) is 24.5. The number of imidazole rings is 1. The largest absolute Gasteiger partial charge is 0.453 e. The predicted octanol–water partition coefficient (Wildman–Crippen LogP) is 2.38. The summed E-state index contributed by atoms with van der Waals surface area (Å²) in [5.74, 6) is 0.0279. The number of halogens is 1. The molecule has 1 amide bonds. The van der Waals surface area contributed by atoms with Crippen molar-refractivity contribution >= 4 is 40.6 Å². The van der Waals surface area contributed by atoms with Gasteiger partial charge in [-0.3, -0.25) is 5.32 Å². The number of likely N-dealkylation sites (N-methyl/N-ethyl adjacent to an activating group) is 1. The minimum Gasteiger partial charge on any atom is -0.453 e. The number of nitrogens with one attached hydrogen (secondary N) is 3. The fourth-order valence-corrected chi connectivity index (χ4v) is 3.87. The Morgan fingerprint density at radius 2 is 2.03 bits per heavy atom. The van der Waals surface area contributed by atoms with Crippen molar-refractivity contribution in [1.82, 2.24) is 24.5 Å². The lowest BCUT2D eigenvalue weighted by atomic mass is 10.2. The summed E-state index contributed by atoms with van der Waals surface area (Å²) in [6.07, 6.45) is 2.76. The number of methoxy groups -OCH3 is 1. The Bertz CT molecular complexity index is 1310. The Kier molecular flexibility index (Phi) is 5.96. The summed E-state index contributed by atoms with van der Waals surface area (Å²) in [5.41, 5.74) is 1.41. The molecule has 35 heavy (non-hydrogen) atoms. The van der Waals surface area contributed by atoms with Crippen LogP contribution in [0, 0.1) is 17.1 Å². The van der Waals surface area contributed by atoms with Crippen molar-refractivity contribution < 1.29 is 13.9 Å². The summed E-state index contributed by atoms with van der Waals surface area (Å²) in [6.45, 7) is 2.83. The first kappa shape index (κ1) is 22.6. The molecular formula is C22H25FN10O2. The van der Waals surface area contributed by atoms with E-state index in [1.165, 1.54) is 23.9 Å². The molecule has 2 aromatic heterocycles. The normalized spacial score (nSPS) is 16.1. The first-order chi connectivity index (χ1) is 16.9. The van der Waals surface area contributed by atoms with Crippen molar-refractivity contribution in [1.29, 1.82) is 5.26 Å². The van der Waals surface area contributed by atoms with Crippen molar-refractivity contribution in [2.75, 3.05) is 61.2 Å². The highest BCUT2D eigenvalue weighted by Gasteiger charge is 2.25. The van der Waals surface area contributed by atoms with Crippen molar-refractivity contribution in [3.8, 4) is 6.07 Å². The number of ether oxygens (including phenoxy) is 1. The molecule has 3 aromatic rings. The molecule has 0 unspecified atom stereocenters. The number of carbonyl (C=O) groups is 1. The van der Waals surface area contributed by atoms with Gasteiger partial charge in [-0.05, 0) is 32.0 Å². The third-order valence-electron chi connectivity index (χ3n) is 5.97. The average Bonchev–Trinajstić information content (AvgIpc) is 3.57. The van der Waals surface area contributed by atoms with Crippen molar-refractivity contribution in [3.05, 3.63) is 29.8 Å². The Morgan fingerprint density at radius 1 is 1.26 bits per heavy atom. The van der Waals surface area contributed by atoms with Gasteiger partial charge in [0.15, 0.2) is 23.0 Å². The molecule has 0 radical (unpaired) electrons. The molecule has 0 atom stereocenters. The molecule has 3 N–H and O–H groups in total. The zero-order valence-corrected chi connectivity index (χ0v) is 19.4. The van der Waals surface area contributed by atoms with Gasteiger partial charge in [-0.2, -0.15) is 14.8 Å². The van der Waals surface area contributed by atoms with Crippen LogP contribution in [0.3, 0.4) is 0 Å². The van der Waals surface area contributed by atoms with Crippen LogP contribution in [0.4, 0.5) is 38.0 Å². The number of fused-ring (bicyclic) bond motifs is 1. The number of aromatic nitrogens is 4. The third kappa shape index (κ3) is 4.73. The number of hydrogen-bond acceptors (Lipinski definition) is 10. The molecule has 182 valence electrons. The molecule has 1 saturated carbocycles. The van der Waals surface area contributed by atoms with Crippen LogP contribution in [0.25, 0.3) is 5.65 Å². The van der Waals surface area contributed by atoms with E-state index in [2.05, 4.69) is 35.9 Å². The summed E-state index contributed by atoms with van der Waals surface area (Å²) in [7, 11) is 3.27. The molecule has 1 saturated heterocycles. The smallest absolute Gasteiger partial charge is 0.411 e. The monoisotopic (exact) mass is 480 g/mol. The van der Waals surface area contributed by atoms with Gasteiger partial charge in [0.1, 0.15) is 6.07 Å². The maximum Gasteiger partial charge on any atom is 0.411 e. The van der Waals surface area contributed by atoms with Gasteiger partial charge in [-0.25, -0.2) is 14.2 Å². The number of nitriles is 1. The summed E-state index contributed by atoms with van der Waals surface area (Å²) < 4.78 is 21.8. The summed E-state index contributed by atoms with van der Waals surface area (Å²) >= 11 is 0. The van der Waals surface area contributed by atoms with Gasteiger partial charge in [0.2, 0.25) is 5.95 Å². The van der Waals surface area contributed by atoms with Gasteiger partial charge in [0.25, 0.3) is 0 Å². The number of piperazine rings is 1. The third-order valence-corrected chi connectivity index (χ3v) is 5.97. The van der Waals surface area contributed by atoms with Crippen LogP contribution < -0.4 is 20.9 Å². The molecule has 13 heteroatoms. The highest BCUT2D eigenvalue weighted by molar-refractivity contribution is 5.87. The fourth-order valence-electron chi connectivity index (χ4n) is 3.87. The van der Waals surface area contributed by atoms with E-state index in [-0.39, 0.29) is 23.4 Å². The SMILES string of the molecule is COC(=O)Nc1cc(Nc2nc(NC3CC3)c3ncc(C#N)n3n2)c(F)c(N2CCN(C)CC2)c1. The molecule has 0 bridgehead atoms. The van der Waals surface area contributed by atoms with Crippen LogP contribution in [-0.4, -0.2) is 77.0 Å². The highest BCUT2D eigenvalue weighted by atomic mass is 19.1. The van der Waals surface area contributed by atoms with E-state index >= 15 is 4.39 Å². The van der Waals surface area contributed by atoms with Crippen LogP contribution in [0.15, 0.2) is 18.3 Å². The standard InChI is InChI=1S/C22H25FN10O2/c1-31-5-7-32(8-6-31)17-10-14(27-22(34)35-2)9-16(18(17)23)28-21-29-19(26-13-3-4-13)20-25-12-15(11-24)33(20)30-21/h9-10,12-13H,3-8H2,1-2H3,(H,27,34)(H2,26,28,29,30). The number of carbonyl (C=O) groups excluding carboxylic acids is 1. The Labute approximate surface area is 200 Å². The van der Waals surface area contributed by atoms with Gasteiger partial charge in [0, 0.05) is 37.9 Å². The maximum atomic E-state index is 15.8. The van der Waals surface area contributed by atoms with E-state index < -0.39 is 11.9 Å². The molecular weight excluding hydrogens is 455 g/mol. The summed E-state index contributed by atoms with van der Waals surface area (Å²) in [6, 6.07) is 5.36. The molecule has 0 spiro atoms. The molecule has 12 nitrogen and oxygen atoms in total. The summed E-state index contributed by atoms with van der Waals surface area (Å²) in [5, 5.41) is 22.6.